The molecule has 0 aliphatic rings. The van der Waals surface area contributed by atoms with E-state index in [4.69, 9.17) is 9.52 Å². The molecule has 96 valence electrons. The largest absolute Gasteiger partial charge is 0.480 e. The van der Waals surface area contributed by atoms with Gasteiger partial charge < -0.3 is 14.8 Å². The van der Waals surface area contributed by atoms with E-state index in [0.717, 1.165) is 0 Å². The molecule has 2 N–H and O–H groups in total. The van der Waals surface area contributed by atoms with Gasteiger partial charge in [-0.05, 0) is 26.0 Å². The van der Waals surface area contributed by atoms with Gasteiger partial charge in [0.15, 0.2) is 5.58 Å². The molecule has 1 aromatic carbocycles. The van der Waals surface area contributed by atoms with Crippen molar-refractivity contribution in [1.82, 2.24) is 4.98 Å². The summed E-state index contributed by atoms with van der Waals surface area (Å²) in [5.41, 5.74) is 1.29. The Bertz CT molecular complexity index is 541. The third-order valence-electron chi connectivity index (χ3n) is 2.52. The van der Waals surface area contributed by atoms with Gasteiger partial charge in [-0.1, -0.05) is 12.1 Å². The van der Waals surface area contributed by atoms with E-state index >= 15 is 0 Å². The van der Waals surface area contributed by atoms with Gasteiger partial charge in [0.2, 0.25) is 0 Å². The van der Waals surface area contributed by atoms with Crippen LogP contribution in [0.2, 0.25) is 0 Å². The van der Waals surface area contributed by atoms with Crippen molar-refractivity contribution in [3.05, 3.63) is 24.3 Å². The van der Waals surface area contributed by atoms with Gasteiger partial charge in [-0.3, -0.25) is 0 Å². The van der Waals surface area contributed by atoms with Crippen LogP contribution in [-0.4, -0.2) is 26.8 Å². The van der Waals surface area contributed by atoms with E-state index in [9.17, 15) is 4.79 Å². The Morgan fingerprint density at radius 1 is 1.50 bits per heavy atom. The van der Waals surface area contributed by atoms with Gasteiger partial charge in [0, 0.05) is 4.75 Å². The topological polar surface area (TPSA) is 75.4 Å². The summed E-state index contributed by atoms with van der Waals surface area (Å²) in [7, 11) is 0. The van der Waals surface area contributed by atoms with Crippen molar-refractivity contribution >= 4 is 35.7 Å². The molecule has 0 saturated carbocycles. The number of hydrogen-bond donors (Lipinski definition) is 3. The van der Waals surface area contributed by atoms with E-state index < -0.39 is 16.8 Å². The van der Waals surface area contributed by atoms with Crippen molar-refractivity contribution in [3.8, 4) is 0 Å². The summed E-state index contributed by atoms with van der Waals surface area (Å²) in [5.74, 6) is -1.00. The maximum absolute atomic E-state index is 11.2. The summed E-state index contributed by atoms with van der Waals surface area (Å²) in [4.78, 5) is 15.4. The highest BCUT2D eigenvalue weighted by molar-refractivity contribution is 7.81. The smallest absolute Gasteiger partial charge is 0.327 e. The minimum absolute atomic E-state index is 0.186. The number of nitrogens with one attached hydrogen (secondary N) is 1. The van der Waals surface area contributed by atoms with Crippen molar-refractivity contribution < 1.29 is 14.3 Å². The number of carboxylic acids is 1. The molecule has 6 heteroatoms. The predicted octanol–water partition coefficient (Wildman–Crippen LogP) is 2.40. The zero-order chi connectivity index (χ0) is 13.3. The molecule has 1 atom stereocenters. The lowest BCUT2D eigenvalue weighted by Gasteiger charge is -2.25. The fourth-order valence-electron chi connectivity index (χ4n) is 1.60. The second-order valence-corrected chi connectivity index (χ2v) is 5.71. The van der Waals surface area contributed by atoms with Crippen molar-refractivity contribution in [1.29, 1.82) is 0 Å². The number of benzene rings is 1. The molecule has 2 rings (SSSR count). The number of nitrogens with zero attached hydrogens (tertiary/aromatic N) is 1. The third-order valence-corrected chi connectivity index (χ3v) is 2.77. The average molecular weight is 266 g/mol. The number of carboxylic acid groups (broad SMARTS) is 1. The summed E-state index contributed by atoms with van der Waals surface area (Å²) >= 11 is 4.27. The zero-order valence-corrected chi connectivity index (χ0v) is 10.9. The fourth-order valence-corrected chi connectivity index (χ4v) is 1.77. The van der Waals surface area contributed by atoms with Crippen LogP contribution in [0.5, 0.6) is 0 Å². The van der Waals surface area contributed by atoms with E-state index in [1.807, 2.05) is 12.1 Å². The Balaban J connectivity index is 2.29. The number of thiol groups is 1. The molecule has 0 saturated heterocycles. The van der Waals surface area contributed by atoms with Crippen molar-refractivity contribution in [2.45, 2.75) is 24.6 Å². The van der Waals surface area contributed by atoms with Crippen molar-refractivity contribution in [2.24, 2.45) is 0 Å². The van der Waals surface area contributed by atoms with Gasteiger partial charge in [0.1, 0.15) is 11.6 Å². The number of aromatic nitrogens is 1. The second-order valence-electron chi connectivity index (χ2n) is 4.56. The van der Waals surface area contributed by atoms with Gasteiger partial charge >= 0.3 is 5.97 Å². The summed E-state index contributed by atoms with van der Waals surface area (Å²) in [6, 6.07) is 6.53. The molecule has 18 heavy (non-hydrogen) atoms. The minimum atomic E-state index is -1.00. The highest BCUT2D eigenvalue weighted by atomic mass is 32.1. The molecule has 0 unspecified atom stereocenters. The van der Waals surface area contributed by atoms with E-state index in [1.54, 1.807) is 26.0 Å². The Hall–Kier alpha value is -1.69. The van der Waals surface area contributed by atoms with Crippen LogP contribution < -0.4 is 5.32 Å². The van der Waals surface area contributed by atoms with Crippen molar-refractivity contribution in [3.63, 3.8) is 0 Å². The third kappa shape index (κ3) is 2.59. The van der Waals surface area contributed by atoms with E-state index in [1.165, 1.54) is 0 Å². The molecule has 0 aliphatic heterocycles. The molecule has 0 spiro atoms. The van der Waals surface area contributed by atoms with Gasteiger partial charge in [0.05, 0.1) is 0 Å². The van der Waals surface area contributed by atoms with Crippen LogP contribution in [0, 0.1) is 0 Å². The van der Waals surface area contributed by atoms with Crippen molar-refractivity contribution in [2.75, 3.05) is 5.32 Å². The number of oxazole rings is 1. The van der Waals surface area contributed by atoms with Crippen LogP contribution in [0.3, 0.4) is 0 Å². The Kier molecular flexibility index (Phi) is 3.21. The lowest BCUT2D eigenvalue weighted by atomic mass is 10.0. The molecule has 5 nitrogen and oxygen atoms in total. The standard InChI is InChI=1S/C12H14N2O3S/c1-12(2,18)9(10(15)16)14-11-13-7-5-3-4-6-8(7)17-11/h3-6,9,18H,1-2H3,(H,13,14)(H,15,16)/t9-/m1/s1. The SMILES string of the molecule is CC(C)(S)[C@H](Nc1nc2ccccc2o1)C(=O)O. The van der Waals surface area contributed by atoms with Crippen LogP contribution in [0.1, 0.15) is 13.8 Å². The minimum Gasteiger partial charge on any atom is -0.480 e. The van der Waals surface area contributed by atoms with Crippen LogP contribution in [0.25, 0.3) is 11.1 Å². The van der Waals surface area contributed by atoms with Crippen LogP contribution >= 0.6 is 12.6 Å². The Morgan fingerprint density at radius 2 is 2.17 bits per heavy atom. The fraction of sp³-hybridized carbons (Fsp3) is 0.333. The second kappa shape index (κ2) is 4.53. The monoisotopic (exact) mass is 266 g/mol. The lowest BCUT2D eigenvalue weighted by Crippen LogP contribution is -2.44. The zero-order valence-electron chi connectivity index (χ0n) is 10.0. The summed E-state index contributed by atoms with van der Waals surface area (Å²) in [6.45, 7) is 3.43. The van der Waals surface area contributed by atoms with Crippen LogP contribution in [0.15, 0.2) is 28.7 Å². The molecule has 1 heterocycles. The summed E-state index contributed by atoms with van der Waals surface area (Å²) in [6.07, 6.45) is 0. The van der Waals surface area contributed by atoms with Crippen LogP contribution in [0.4, 0.5) is 6.01 Å². The highest BCUT2D eigenvalue weighted by Gasteiger charge is 2.33. The van der Waals surface area contributed by atoms with Gasteiger partial charge in [-0.25, -0.2) is 4.79 Å². The first kappa shape index (κ1) is 12.8. The molecule has 2 aromatic rings. The summed E-state index contributed by atoms with van der Waals surface area (Å²) in [5, 5.41) is 11.9. The molecule has 1 aromatic heterocycles. The number of carbonyl (C=O) groups is 1. The molecule has 0 amide bonds. The molecule has 0 fully saturated rings. The number of para-hydroxylation sites is 2. The highest BCUT2D eigenvalue weighted by Crippen LogP contribution is 2.24. The van der Waals surface area contributed by atoms with Crippen LogP contribution in [-0.2, 0) is 4.79 Å². The number of rotatable bonds is 4. The number of aliphatic carboxylic acids is 1. The number of hydrogen-bond acceptors (Lipinski definition) is 5. The maximum Gasteiger partial charge on any atom is 0.327 e. The number of anilines is 1. The lowest BCUT2D eigenvalue weighted by molar-refractivity contribution is -0.138. The summed E-state index contributed by atoms with van der Waals surface area (Å²) < 4.78 is 4.68. The van der Waals surface area contributed by atoms with Gasteiger partial charge in [-0.15, -0.1) is 0 Å². The number of fused-ring (bicyclic) bond motifs is 1. The molecular weight excluding hydrogens is 252 g/mol. The Labute approximate surface area is 110 Å². The Morgan fingerprint density at radius 3 is 2.72 bits per heavy atom. The molecule has 0 bridgehead atoms. The van der Waals surface area contributed by atoms with E-state index in [0.29, 0.717) is 11.1 Å². The first-order valence-corrected chi connectivity index (χ1v) is 5.90. The maximum atomic E-state index is 11.2. The first-order valence-electron chi connectivity index (χ1n) is 5.45. The van der Waals surface area contributed by atoms with E-state index in [-0.39, 0.29) is 6.01 Å². The van der Waals surface area contributed by atoms with E-state index in [2.05, 4.69) is 22.9 Å². The quantitative estimate of drug-likeness (QED) is 0.741. The molecule has 0 radical (unpaired) electrons. The van der Waals surface area contributed by atoms with Gasteiger partial charge in [0.25, 0.3) is 6.01 Å². The van der Waals surface area contributed by atoms with Gasteiger partial charge in [-0.2, -0.15) is 17.6 Å². The molecule has 0 aliphatic carbocycles. The molecular formula is C12H14N2O3S. The predicted molar refractivity (Wildman–Crippen MR) is 72.1 cm³/mol. The average Bonchev–Trinajstić information content (AvgIpc) is 2.66. The first-order chi connectivity index (χ1) is 8.38. The normalized spacial score (nSPS) is 13.5.